The minimum atomic E-state index is -4.28. The van der Waals surface area contributed by atoms with Crippen LogP contribution in [0.1, 0.15) is 31.7 Å². The Morgan fingerprint density at radius 1 is 1.20 bits per heavy atom. The van der Waals surface area contributed by atoms with Gasteiger partial charge in [-0.15, -0.1) is 0 Å². The zero-order valence-corrected chi connectivity index (χ0v) is 11.7. The van der Waals surface area contributed by atoms with E-state index < -0.39 is 11.7 Å². The summed E-state index contributed by atoms with van der Waals surface area (Å²) >= 11 is 0. The van der Waals surface area contributed by atoms with E-state index in [2.05, 4.69) is 11.8 Å². The summed E-state index contributed by atoms with van der Waals surface area (Å²) in [4.78, 5) is 2.11. The molecule has 1 saturated heterocycles. The summed E-state index contributed by atoms with van der Waals surface area (Å²) in [6.45, 7) is 3.74. The van der Waals surface area contributed by atoms with Crippen LogP contribution in [0.4, 0.5) is 18.9 Å². The molecule has 1 aromatic rings. The number of hydrogen-bond donors (Lipinski definition) is 1. The molecule has 2 rings (SSSR count). The predicted octanol–water partition coefficient (Wildman–Crippen LogP) is 3.66. The standard InChI is InChI=1S/C15H21F3N2/c1-2-3-11-8-13(19)10-20(9-11)14-6-4-12(5-7-14)15(16,17)18/h4-7,11,13H,2-3,8-10,19H2,1H3. The molecule has 1 fully saturated rings. The molecule has 20 heavy (non-hydrogen) atoms. The van der Waals surface area contributed by atoms with E-state index in [1.165, 1.54) is 0 Å². The Morgan fingerprint density at radius 2 is 1.85 bits per heavy atom. The van der Waals surface area contributed by atoms with Crippen molar-refractivity contribution in [3.8, 4) is 0 Å². The third-order valence-corrected chi connectivity index (χ3v) is 3.83. The normalized spacial score (nSPS) is 23.9. The molecule has 2 unspecified atom stereocenters. The summed E-state index contributed by atoms with van der Waals surface area (Å²) in [6.07, 6.45) is -1.05. The zero-order chi connectivity index (χ0) is 14.8. The van der Waals surface area contributed by atoms with Crippen molar-refractivity contribution in [3.63, 3.8) is 0 Å². The third-order valence-electron chi connectivity index (χ3n) is 3.83. The fourth-order valence-electron chi connectivity index (χ4n) is 2.94. The SMILES string of the molecule is CCCC1CC(N)CN(c2ccc(C(F)(F)F)cc2)C1. The Kier molecular flexibility index (Phi) is 4.58. The van der Waals surface area contributed by atoms with Gasteiger partial charge >= 0.3 is 6.18 Å². The molecular weight excluding hydrogens is 265 g/mol. The number of benzene rings is 1. The second-order valence-electron chi connectivity index (χ2n) is 5.60. The summed E-state index contributed by atoms with van der Waals surface area (Å²) < 4.78 is 37.7. The van der Waals surface area contributed by atoms with E-state index >= 15 is 0 Å². The number of hydrogen-bond acceptors (Lipinski definition) is 2. The summed E-state index contributed by atoms with van der Waals surface area (Å²) in [5.74, 6) is 0.533. The molecule has 0 aliphatic carbocycles. The van der Waals surface area contributed by atoms with Gasteiger partial charge in [0.05, 0.1) is 5.56 Å². The van der Waals surface area contributed by atoms with Crippen LogP contribution in [0.15, 0.2) is 24.3 Å². The second-order valence-corrected chi connectivity index (χ2v) is 5.60. The Morgan fingerprint density at radius 3 is 2.40 bits per heavy atom. The average molecular weight is 286 g/mol. The minimum Gasteiger partial charge on any atom is -0.370 e. The van der Waals surface area contributed by atoms with Crippen LogP contribution in [0.5, 0.6) is 0 Å². The Labute approximate surface area is 117 Å². The maximum Gasteiger partial charge on any atom is 0.416 e. The smallest absolute Gasteiger partial charge is 0.370 e. The van der Waals surface area contributed by atoms with Crippen LogP contribution in [0.3, 0.4) is 0 Å². The van der Waals surface area contributed by atoms with Gasteiger partial charge in [-0.25, -0.2) is 0 Å². The summed E-state index contributed by atoms with van der Waals surface area (Å²) in [5.41, 5.74) is 6.28. The highest BCUT2D eigenvalue weighted by molar-refractivity contribution is 5.48. The number of alkyl halides is 3. The van der Waals surface area contributed by atoms with Gasteiger partial charge in [-0.2, -0.15) is 13.2 Å². The van der Waals surface area contributed by atoms with E-state index in [4.69, 9.17) is 5.73 Å². The number of nitrogens with two attached hydrogens (primary N) is 1. The molecule has 0 aromatic heterocycles. The highest BCUT2D eigenvalue weighted by atomic mass is 19.4. The van der Waals surface area contributed by atoms with Crippen molar-refractivity contribution in [2.45, 2.75) is 38.4 Å². The van der Waals surface area contributed by atoms with E-state index in [-0.39, 0.29) is 6.04 Å². The third kappa shape index (κ3) is 3.66. The second kappa shape index (κ2) is 6.04. The maximum absolute atomic E-state index is 12.6. The van der Waals surface area contributed by atoms with Crippen LogP contribution in [-0.4, -0.2) is 19.1 Å². The molecule has 1 aliphatic heterocycles. The topological polar surface area (TPSA) is 29.3 Å². The fourth-order valence-corrected chi connectivity index (χ4v) is 2.94. The summed E-state index contributed by atoms with van der Waals surface area (Å²) in [5, 5.41) is 0. The van der Waals surface area contributed by atoms with E-state index in [0.29, 0.717) is 12.5 Å². The number of nitrogens with zero attached hydrogens (tertiary/aromatic N) is 1. The molecule has 1 aliphatic rings. The number of halogens is 3. The molecule has 2 nitrogen and oxygen atoms in total. The maximum atomic E-state index is 12.6. The van der Waals surface area contributed by atoms with Crippen molar-refractivity contribution in [2.75, 3.05) is 18.0 Å². The van der Waals surface area contributed by atoms with E-state index in [1.54, 1.807) is 12.1 Å². The van der Waals surface area contributed by atoms with Crippen LogP contribution in [0.2, 0.25) is 0 Å². The largest absolute Gasteiger partial charge is 0.416 e. The minimum absolute atomic E-state index is 0.0996. The van der Waals surface area contributed by atoms with Crippen molar-refractivity contribution in [3.05, 3.63) is 29.8 Å². The Hall–Kier alpha value is -1.23. The number of rotatable bonds is 3. The molecule has 112 valence electrons. The Balaban J connectivity index is 2.10. The molecule has 0 spiro atoms. The lowest BCUT2D eigenvalue weighted by Gasteiger charge is -2.38. The van der Waals surface area contributed by atoms with Crippen molar-refractivity contribution in [1.29, 1.82) is 0 Å². The van der Waals surface area contributed by atoms with Gasteiger partial charge in [0, 0.05) is 24.8 Å². The predicted molar refractivity (Wildman–Crippen MR) is 74.6 cm³/mol. The lowest BCUT2D eigenvalue weighted by Crippen LogP contribution is -2.47. The highest BCUT2D eigenvalue weighted by Gasteiger charge is 2.30. The zero-order valence-electron chi connectivity index (χ0n) is 11.7. The summed E-state index contributed by atoms with van der Waals surface area (Å²) in [6, 6.07) is 5.48. The molecule has 0 bridgehead atoms. The monoisotopic (exact) mass is 286 g/mol. The molecular formula is C15H21F3N2. The van der Waals surface area contributed by atoms with Crippen LogP contribution in [0, 0.1) is 5.92 Å². The first-order valence-electron chi connectivity index (χ1n) is 7.08. The molecule has 0 saturated carbocycles. The van der Waals surface area contributed by atoms with Crippen LogP contribution in [0.25, 0.3) is 0 Å². The molecule has 5 heteroatoms. The van der Waals surface area contributed by atoms with Gasteiger partial charge in [0.2, 0.25) is 0 Å². The molecule has 2 N–H and O–H groups in total. The van der Waals surface area contributed by atoms with Gasteiger partial charge in [0.25, 0.3) is 0 Å². The molecule has 0 amide bonds. The summed E-state index contributed by atoms with van der Waals surface area (Å²) in [7, 11) is 0. The van der Waals surface area contributed by atoms with Gasteiger partial charge < -0.3 is 10.6 Å². The quantitative estimate of drug-likeness (QED) is 0.919. The van der Waals surface area contributed by atoms with E-state index in [0.717, 1.165) is 43.6 Å². The van der Waals surface area contributed by atoms with Crippen LogP contribution >= 0.6 is 0 Å². The first kappa shape index (κ1) is 15.2. The van der Waals surface area contributed by atoms with E-state index in [9.17, 15) is 13.2 Å². The van der Waals surface area contributed by atoms with Gasteiger partial charge in [0.1, 0.15) is 0 Å². The number of anilines is 1. The van der Waals surface area contributed by atoms with Crippen molar-refractivity contribution < 1.29 is 13.2 Å². The van der Waals surface area contributed by atoms with E-state index in [1.807, 2.05) is 0 Å². The van der Waals surface area contributed by atoms with Crippen molar-refractivity contribution >= 4 is 5.69 Å². The highest BCUT2D eigenvalue weighted by Crippen LogP contribution is 2.31. The molecule has 1 heterocycles. The molecule has 2 atom stereocenters. The van der Waals surface area contributed by atoms with Gasteiger partial charge in [-0.1, -0.05) is 13.3 Å². The van der Waals surface area contributed by atoms with Crippen molar-refractivity contribution in [1.82, 2.24) is 0 Å². The van der Waals surface area contributed by atoms with Crippen molar-refractivity contribution in [2.24, 2.45) is 11.7 Å². The first-order chi connectivity index (χ1) is 9.40. The first-order valence-corrected chi connectivity index (χ1v) is 7.08. The van der Waals surface area contributed by atoms with Gasteiger partial charge in [-0.05, 0) is 43.0 Å². The van der Waals surface area contributed by atoms with Gasteiger partial charge in [0.15, 0.2) is 0 Å². The number of piperidine rings is 1. The Bertz CT molecular complexity index is 428. The van der Waals surface area contributed by atoms with Gasteiger partial charge in [-0.3, -0.25) is 0 Å². The average Bonchev–Trinajstić information content (AvgIpc) is 2.37. The molecule has 0 radical (unpaired) electrons. The fraction of sp³-hybridized carbons (Fsp3) is 0.600. The lowest BCUT2D eigenvalue weighted by molar-refractivity contribution is -0.137. The lowest BCUT2D eigenvalue weighted by atomic mass is 9.90. The molecule has 1 aromatic carbocycles. The van der Waals surface area contributed by atoms with Crippen LogP contribution in [-0.2, 0) is 6.18 Å². The van der Waals surface area contributed by atoms with Crippen LogP contribution < -0.4 is 10.6 Å².